The number of nitrogens with zero attached hydrogens (tertiary/aromatic N) is 1. The van der Waals surface area contributed by atoms with Gasteiger partial charge in [0.2, 0.25) is 10.0 Å². The van der Waals surface area contributed by atoms with Crippen LogP contribution in [0.2, 0.25) is 0 Å². The Labute approximate surface area is 166 Å². The zero-order chi connectivity index (χ0) is 20.7. The average Bonchev–Trinajstić information content (AvgIpc) is 2.67. The smallest absolute Gasteiger partial charge is 0.262 e. The minimum atomic E-state index is -3.73. The molecule has 2 aromatic rings. The molecule has 0 spiro atoms. The molecule has 0 aliphatic rings. The Hall–Kier alpha value is -2.58. The van der Waals surface area contributed by atoms with Crippen LogP contribution < -0.4 is 14.8 Å². The number of hydrogen-bond donors (Lipinski definition) is 1. The molecule has 2 rings (SSSR count). The van der Waals surface area contributed by atoms with Crippen LogP contribution in [0.1, 0.15) is 19.4 Å². The molecule has 0 unspecified atom stereocenters. The van der Waals surface area contributed by atoms with Crippen molar-refractivity contribution in [2.75, 3.05) is 32.6 Å². The van der Waals surface area contributed by atoms with Crippen LogP contribution in [0.5, 0.6) is 11.5 Å². The fourth-order valence-electron chi connectivity index (χ4n) is 2.46. The first-order valence-electron chi connectivity index (χ1n) is 8.98. The average molecular weight is 407 g/mol. The highest BCUT2D eigenvalue weighted by atomic mass is 32.2. The van der Waals surface area contributed by atoms with Crippen molar-refractivity contribution in [1.82, 2.24) is 4.31 Å². The van der Waals surface area contributed by atoms with E-state index in [9.17, 15) is 13.2 Å². The van der Waals surface area contributed by atoms with Gasteiger partial charge in [-0.15, -0.1) is 0 Å². The number of ether oxygens (including phenoxy) is 2. The van der Waals surface area contributed by atoms with Gasteiger partial charge in [0.15, 0.2) is 6.61 Å². The van der Waals surface area contributed by atoms with E-state index in [0.29, 0.717) is 18.0 Å². The van der Waals surface area contributed by atoms with Crippen LogP contribution in [0.15, 0.2) is 47.4 Å². The summed E-state index contributed by atoms with van der Waals surface area (Å²) in [7, 11) is -0.847. The van der Waals surface area contributed by atoms with Crippen LogP contribution in [0.4, 0.5) is 5.69 Å². The highest BCUT2D eigenvalue weighted by molar-refractivity contribution is 7.89. The number of hydrogen-bond acceptors (Lipinski definition) is 5. The minimum Gasteiger partial charge on any atom is -0.492 e. The summed E-state index contributed by atoms with van der Waals surface area (Å²) in [6.45, 7) is 3.95. The van der Waals surface area contributed by atoms with Gasteiger partial charge in [-0.2, -0.15) is 0 Å². The number of benzene rings is 2. The van der Waals surface area contributed by atoms with Crippen molar-refractivity contribution in [3.05, 3.63) is 48.0 Å². The molecule has 1 N–H and O–H groups in total. The molecule has 0 heterocycles. The molecular formula is C20H26N2O5S. The highest BCUT2D eigenvalue weighted by Gasteiger charge is 2.23. The molecule has 0 aliphatic heterocycles. The van der Waals surface area contributed by atoms with E-state index in [1.54, 1.807) is 19.1 Å². The van der Waals surface area contributed by atoms with Crippen LogP contribution in [-0.4, -0.2) is 45.9 Å². The molecule has 7 nitrogen and oxygen atoms in total. The molecular weight excluding hydrogens is 380 g/mol. The molecule has 1 amide bonds. The van der Waals surface area contributed by atoms with Gasteiger partial charge in [-0.25, -0.2) is 12.7 Å². The van der Waals surface area contributed by atoms with Gasteiger partial charge < -0.3 is 14.8 Å². The largest absolute Gasteiger partial charge is 0.492 e. The molecule has 0 radical (unpaired) electrons. The fourth-order valence-corrected chi connectivity index (χ4v) is 3.51. The predicted molar refractivity (Wildman–Crippen MR) is 108 cm³/mol. The Balaban J connectivity index is 2.13. The number of sulfonamides is 1. The summed E-state index contributed by atoms with van der Waals surface area (Å²) >= 11 is 0. The first kappa shape index (κ1) is 21.7. The monoisotopic (exact) mass is 406 g/mol. The topological polar surface area (TPSA) is 84.9 Å². The van der Waals surface area contributed by atoms with E-state index in [-0.39, 0.29) is 23.2 Å². The van der Waals surface area contributed by atoms with E-state index in [4.69, 9.17) is 9.47 Å². The minimum absolute atomic E-state index is 0.00582. The summed E-state index contributed by atoms with van der Waals surface area (Å²) in [5.74, 6) is 0.457. The Kier molecular flexibility index (Phi) is 7.42. The number of carbonyl (C=O) groups excluding carboxylic acids is 1. The number of amides is 1. The van der Waals surface area contributed by atoms with E-state index in [0.717, 1.165) is 16.3 Å². The van der Waals surface area contributed by atoms with Gasteiger partial charge in [-0.05, 0) is 49.2 Å². The zero-order valence-corrected chi connectivity index (χ0v) is 17.4. The molecule has 152 valence electrons. The molecule has 0 aliphatic carbocycles. The van der Waals surface area contributed by atoms with E-state index in [1.807, 2.05) is 25.1 Å². The van der Waals surface area contributed by atoms with Crippen LogP contribution in [-0.2, 0) is 21.2 Å². The second-order valence-corrected chi connectivity index (χ2v) is 8.34. The van der Waals surface area contributed by atoms with Crippen LogP contribution in [0.25, 0.3) is 0 Å². The second kappa shape index (κ2) is 9.57. The Bertz CT molecular complexity index is 926. The molecule has 8 heteroatoms. The van der Waals surface area contributed by atoms with Gasteiger partial charge in [-0.3, -0.25) is 4.79 Å². The number of aryl methyl sites for hydroxylation is 1. The third-order valence-corrected chi connectivity index (χ3v) is 5.80. The Morgan fingerprint density at radius 1 is 1.07 bits per heavy atom. The van der Waals surface area contributed by atoms with Gasteiger partial charge in [-0.1, -0.05) is 19.1 Å². The van der Waals surface area contributed by atoms with E-state index in [1.165, 1.54) is 26.2 Å². The maximum absolute atomic E-state index is 12.5. The van der Waals surface area contributed by atoms with Crippen molar-refractivity contribution in [2.24, 2.45) is 0 Å². The van der Waals surface area contributed by atoms with Gasteiger partial charge in [0.1, 0.15) is 16.4 Å². The third-order valence-electron chi connectivity index (χ3n) is 3.96. The van der Waals surface area contributed by atoms with Gasteiger partial charge in [0, 0.05) is 19.8 Å². The molecule has 0 saturated carbocycles. The first-order chi connectivity index (χ1) is 13.3. The molecule has 0 aromatic heterocycles. The summed E-state index contributed by atoms with van der Waals surface area (Å²) in [5.41, 5.74) is 1.46. The molecule has 28 heavy (non-hydrogen) atoms. The normalized spacial score (nSPS) is 11.3. The molecule has 0 saturated heterocycles. The number of anilines is 1. The first-order valence-corrected chi connectivity index (χ1v) is 10.4. The van der Waals surface area contributed by atoms with Crippen molar-refractivity contribution >= 4 is 21.6 Å². The van der Waals surface area contributed by atoms with Crippen LogP contribution >= 0.6 is 0 Å². The van der Waals surface area contributed by atoms with E-state index in [2.05, 4.69) is 5.32 Å². The van der Waals surface area contributed by atoms with Crippen molar-refractivity contribution in [1.29, 1.82) is 0 Å². The lowest BCUT2D eigenvalue weighted by atomic mass is 10.2. The lowest BCUT2D eigenvalue weighted by molar-refractivity contribution is -0.118. The highest BCUT2D eigenvalue weighted by Crippen LogP contribution is 2.29. The summed E-state index contributed by atoms with van der Waals surface area (Å²) < 4.78 is 37.1. The maximum atomic E-state index is 12.5. The molecule has 2 aromatic carbocycles. The maximum Gasteiger partial charge on any atom is 0.262 e. The van der Waals surface area contributed by atoms with Gasteiger partial charge >= 0.3 is 0 Å². The molecule has 0 fully saturated rings. The summed E-state index contributed by atoms with van der Waals surface area (Å²) in [6.07, 6.45) is 0.874. The number of nitrogens with one attached hydrogen (secondary N) is 1. The van der Waals surface area contributed by atoms with Crippen LogP contribution in [0.3, 0.4) is 0 Å². The number of carbonyl (C=O) groups is 1. The van der Waals surface area contributed by atoms with Crippen molar-refractivity contribution in [3.8, 4) is 11.5 Å². The van der Waals surface area contributed by atoms with Gasteiger partial charge in [0.05, 0.1) is 6.61 Å². The van der Waals surface area contributed by atoms with Gasteiger partial charge in [0.25, 0.3) is 5.91 Å². The molecule has 0 bridgehead atoms. The van der Waals surface area contributed by atoms with E-state index >= 15 is 0 Å². The number of rotatable bonds is 9. The Morgan fingerprint density at radius 2 is 1.82 bits per heavy atom. The quantitative estimate of drug-likeness (QED) is 0.692. The van der Waals surface area contributed by atoms with E-state index < -0.39 is 10.0 Å². The second-order valence-electron chi connectivity index (χ2n) is 6.22. The standard InChI is InChI=1S/C20H26N2O5S/c1-5-15-8-7-9-17(12-15)27-14-20(23)21-16-10-11-18(26-6-2)19(13-16)28(24,25)22(3)4/h7-13H,5-6,14H2,1-4H3,(H,21,23). The SMILES string of the molecule is CCOc1ccc(NC(=O)COc2cccc(CC)c2)cc1S(=O)(=O)N(C)C. The lowest BCUT2D eigenvalue weighted by Crippen LogP contribution is -2.24. The predicted octanol–water partition coefficient (Wildman–Crippen LogP) is 2.92. The molecule has 0 atom stereocenters. The van der Waals surface area contributed by atoms with Crippen LogP contribution in [0, 0.1) is 0 Å². The Morgan fingerprint density at radius 3 is 2.46 bits per heavy atom. The fraction of sp³-hybridized carbons (Fsp3) is 0.350. The van der Waals surface area contributed by atoms with Crippen molar-refractivity contribution in [2.45, 2.75) is 25.2 Å². The van der Waals surface area contributed by atoms with Crippen molar-refractivity contribution < 1.29 is 22.7 Å². The zero-order valence-electron chi connectivity index (χ0n) is 16.6. The lowest BCUT2D eigenvalue weighted by Gasteiger charge is -2.16. The van der Waals surface area contributed by atoms with Crippen molar-refractivity contribution in [3.63, 3.8) is 0 Å². The summed E-state index contributed by atoms with van der Waals surface area (Å²) in [5, 5.41) is 2.66. The third kappa shape index (κ3) is 5.46. The summed E-state index contributed by atoms with van der Waals surface area (Å²) in [4.78, 5) is 12.2. The summed E-state index contributed by atoms with van der Waals surface area (Å²) in [6, 6.07) is 12.0.